The van der Waals surface area contributed by atoms with Gasteiger partial charge in [0.1, 0.15) is 12.3 Å². The van der Waals surface area contributed by atoms with E-state index in [9.17, 15) is 19.2 Å². The molecule has 1 aliphatic rings. The molecule has 9 heteroatoms. The van der Waals surface area contributed by atoms with Gasteiger partial charge in [-0.3, -0.25) is 19.3 Å². The molecule has 1 fully saturated rings. The first-order chi connectivity index (χ1) is 12.3. The number of carbonyl (C=O) groups is 4. The third-order valence-electron chi connectivity index (χ3n) is 4.04. The molecule has 134 valence electrons. The number of benzene rings is 1. The summed E-state index contributed by atoms with van der Waals surface area (Å²) in [7, 11) is 0. The SMILES string of the molecule is C[C@@]1(c2ccco2)NC(=O)N(CC(=O)Nc2ccc(C(N)=O)cc2)C1=O. The van der Waals surface area contributed by atoms with Gasteiger partial charge in [0.15, 0.2) is 5.54 Å². The van der Waals surface area contributed by atoms with Crippen molar-refractivity contribution in [3.8, 4) is 0 Å². The summed E-state index contributed by atoms with van der Waals surface area (Å²) in [5.41, 5.74) is 4.49. The quantitative estimate of drug-likeness (QED) is 0.681. The predicted octanol–water partition coefficient (Wildman–Crippen LogP) is 0.784. The lowest BCUT2D eigenvalue weighted by Crippen LogP contribution is -2.41. The molecule has 1 aliphatic heterocycles. The molecule has 0 saturated carbocycles. The van der Waals surface area contributed by atoms with E-state index in [4.69, 9.17) is 10.2 Å². The zero-order valence-corrected chi connectivity index (χ0v) is 13.8. The molecule has 2 heterocycles. The molecule has 1 saturated heterocycles. The van der Waals surface area contributed by atoms with Gasteiger partial charge in [-0.25, -0.2) is 4.79 Å². The van der Waals surface area contributed by atoms with E-state index in [1.165, 1.54) is 37.5 Å². The Bertz CT molecular complexity index is 875. The van der Waals surface area contributed by atoms with Crippen molar-refractivity contribution < 1.29 is 23.6 Å². The van der Waals surface area contributed by atoms with Gasteiger partial charge in [0.05, 0.1) is 6.26 Å². The van der Waals surface area contributed by atoms with Gasteiger partial charge >= 0.3 is 6.03 Å². The summed E-state index contributed by atoms with van der Waals surface area (Å²) in [6.45, 7) is 1.05. The molecular weight excluding hydrogens is 340 g/mol. The standard InChI is InChI=1S/C17H16N4O5/c1-17(12-3-2-8-26-12)15(24)21(16(25)20-17)9-13(22)19-11-6-4-10(5-7-11)14(18)23/h2-8H,9H2,1H3,(H2,18,23)(H,19,22)(H,20,25)/t17-/m0/s1. The van der Waals surface area contributed by atoms with Crippen molar-refractivity contribution in [3.05, 3.63) is 54.0 Å². The minimum absolute atomic E-state index is 0.279. The zero-order chi connectivity index (χ0) is 18.9. The normalized spacial score (nSPS) is 19.3. The molecule has 0 radical (unpaired) electrons. The van der Waals surface area contributed by atoms with Gasteiger partial charge in [-0.05, 0) is 43.3 Å². The molecule has 26 heavy (non-hydrogen) atoms. The number of imide groups is 1. The van der Waals surface area contributed by atoms with E-state index in [0.717, 1.165) is 4.90 Å². The number of hydrogen-bond donors (Lipinski definition) is 3. The van der Waals surface area contributed by atoms with Crippen LogP contribution in [0.25, 0.3) is 0 Å². The molecule has 0 unspecified atom stereocenters. The van der Waals surface area contributed by atoms with Crippen LogP contribution < -0.4 is 16.4 Å². The Morgan fingerprint density at radius 3 is 2.50 bits per heavy atom. The van der Waals surface area contributed by atoms with Crippen LogP contribution in [-0.2, 0) is 15.1 Å². The summed E-state index contributed by atoms with van der Waals surface area (Å²) in [5.74, 6) is -1.46. The van der Waals surface area contributed by atoms with Crippen LogP contribution >= 0.6 is 0 Å². The third-order valence-corrected chi connectivity index (χ3v) is 4.04. The number of anilines is 1. The number of nitrogens with zero attached hydrogens (tertiary/aromatic N) is 1. The Labute approximate surface area is 148 Å². The second-order valence-electron chi connectivity index (χ2n) is 5.91. The third kappa shape index (κ3) is 3.02. The van der Waals surface area contributed by atoms with E-state index in [0.29, 0.717) is 11.3 Å². The van der Waals surface area contributed by atoms with Crippen LogP contribution in [-0.4, -0.2) is 35.2 Å². The van der Waals surface area contributed by atoms with Crippen molar-refractivity contribution in [2.75, 3.05) is 11.9 Å². The highest BCUT2D eigenvalue weighted by molar-refractivity contribution is 6.10. The van der Waals surface area contributed by atoms with Crippen molar-refractivity contribution in [2.24, 2.45) is 5.73 Å². The Hall–Kier alpha value is -3.62. The fourth-order valence-corrected chi connectivity index (χ4v) is 2.63. The highest BCUT2D eigenvalue weighted by atomic mass is 16.3. The van der Waals surface area contributed by atoms with Crippen molar-refractivity contribution in [3.63, 3.8) is 0 Å². The van der Waals surface area contributed by atoms with Gasteiger partial charge in [0.2, 0.25) is 11.8 Å². The Balaban J connectivity index is 1.68. The van der Waals surface area contributed by atoms with Gasteiger partial charge in [0, 0.05) is 11.3 Å². The molecule has 1 aromatic carbocycles. The number of nitrogens with one attached hydrogen (secondary N) is 2. The second kappa shape index (κ2) is 6.36. The summed E-state index contributed by atoms with van der Waals surface area (Å²) in [5, 5.41) is 5.08. The smallest absolute Gasteiger partial charge is 0.325 e. The van der Waals surface area contributed by atoms with E-state index in [1.807, 2.05) is 0 Å². The maximum absolute atomic E-state index is 12.6. The number of hydrogen-bond acceptors (Lipinski definition) is 5. The van der Waals surface area contributed by atoms with Crippen LogP contribution in [0.2, 0.25) is 0 Å². The first-order valence-electron chi connectivity index (χ1n) is 7.69. The molecule has 3 rings (SSSR count). The number of primary amides is 1. The molecule has 5 amide bonds. The van der Waals surface area contributed by atoms with Crippen LogP contribution in [0.4, 0.5) is 10.5 Å². The summed E-state index contributed by atoms with van der Waals surface area (Å²) < 4.78 is 5.22. The minimum atomic E-state index is -1.36. The number of rotatable bonds is 5. The maximum Gasteiger partial charge on any atom is 0.325 e. The first kappa shape index (κ1) is 17.2. The van der Waals surface area contributed by atoms with Gasteiger partial charge in [0.25, 0.3) is 5.91 Å². The lowest BCUT2D eigenvalue weighted by molar-refractivity contribution is -0.134. The van der Waals surface area contributed by atoms with E-state index < -0.39 is 35.8 Å². The average molecular weight is 356 g/mol. The van der Waals surface area contributed by atoms with Crippen LogP contribution in [0.15, 0.2) is 47.1 Å². The molecule has 0 spiro atoms. The van der Waals surface area contributed by atoms with Crippen molar-refractivity contribution in [1.82, 2.24) is 10.2 Å². The summed E-state index contributed by atoms with van der Waals surface area (Å²) in [6, 6.07) is 8.40. The monoisotopic (exact) mass is 356 g/mol. The van der Waals surface area contributed by atoms with E-state index in [-0.39, 0.29) is 5.76 Å². The fourth-order valence-electron chi connectivity index (χ4n) is 2.63. The minimum Gasteiger partial charge on any atom is -0.466 e. The highest BCUT2D eigenvalue weighted by Crippen LogP contribution is 2.28. The molecule has 1 atom stereocenters. The van der Waals surface area contributed by atoms with E-state index in [1.54, 1.807) is 12.1 Å². The molecular formula is C17H16N4O5. The number of nitrogens with two attached hydrogens (primary N) is 1. The Morgan fingerprint density at radius 2 is 1.92 bits per heavy atom. The largest absolute Gasteiger partial charge is 0.466 e. The van der Waals surface area contributed by atoms with Crippen LogP contribution in [0, 0.1) is 0 Å². The lowest BCUT2D eigenvalue weighted by atomic mass is 9.99. The predicted molar refractivity (Wildman–Crippen MR) is 89.9 cm³/mol. The van der Waals surface area contributed by atoms with Crippen molar-refractivity contribution in [1.29, 1.82) is 0 Å². The number of carbonyl (C=O) groups excluding carboxylic acids is 4. The molecule has 9 nitrogen and oxygen atoms in total. The van der Waals surface area contributed by atoms with Crippen molar-refractivity contribution in [2.45, 2.75) is 12.5 Å². The van der Waals surface area contributed by atoms with Gasteiger partial charge in [-0.15, -0.1) is 0 Å². The topological polar surface area (TPSA) is 135 Å². The fraction of sp³-hybridized carbons (Fsp3) is 0.176. The van der Waals surface area contributed by atoms with Crippen molar-refractivity contribution >= 4 is 29.4 Å². The van der Waals surface area contributed by atoms with Crippen LogP contribution in [0.1, 0.15) is 23.0 Å². The van der Waals surface area contributed by atoms with Crippen LogP contribution in [0.5, 0.6) is 0 Å². The molecule has 0 aliphatic carbocycles. The van der Waals surface area contributed by atoms with Gasteiger partial charge < -0.3 is 20.8 Å². The zero-order valence-electron chi connectivity index (χ0n) is 13.8. The molecule has 4 N–H and O–H groups in total. The second-order valence-corrected chi connectivity index (χ2v) is 5.91. The number of urea groups is 1. The Kier molecular flexibility index (Phi) is 4.21. The maximum atomic E-state index is 12.6. The summed E-state index contributed by atoms with van der Waals surface area (Å²) in [6.07, 6.45) is 1.39. The highest BCUT2D eigenvalue weighted by Gasteiger charge is 2.51. The van der Waals surface area contributed by atoms with E-state index >= 15 is 0 Å². The number of furan rings is 1. The summed E-state index contributed by atoms with van der Waals surface area (Å²) in [4.78, 5) is 48.7. The van der Waals surface area contributed by atoms with Gasteiger partial charge in [-0.1, -0.05) is 0 Å². The Morgan fingerprint density at radius 1 is 1.23 bits per heavy atom. The average Bonchev–Trinajstić information content (AvgIpc) is 3.20. The van der Waals surface area contributed by atoms with Gasteiger partial charge in [-0.2, -0.15) is 0 Å². The number of amides is 5. The molecule has 0 bridgehead atoms. The molecule has 1 aromatic heterocycles. The van der Waals surface area contributed by atoms with E-state index in [2.05, 4.69) is 10.6 Å². The molecule has 2 aromatic rings. The lowest BCUT2D eigenvalue weighted by Gasteiger charge is -2.18. The van der Waals surface area contributed by atoms with Crippen LogP contribution in [0.3, 0.4) is 0 Å². The summed E-state index contributed by atoms with van der Waals surface area (Å²) >= 11 is 0. The first-order valence-corrected chi connectivity index (χ1v) is 7.69.